The van der Waals surface area contributed by atoms with Crippen LogP contribution in [0.25, 0.3) is 0 Å². The maximum absolute atomic E-state index is 11.2. The Bertz CT molecular complexity index is 354. The molecule has 1 heterocycles. The van der Waals surface area contributed by atoms with Gasteiger partial charge in [-0.25, -0.2) is 9.78 Å². The van der Waals surface area contributed by atoms with Crippen LogP contribution in [0.2, 0.25) is 5.02 Å². The highest BCUT2D eigenvalue weighted by Crippen LogP contribution is 2.24. The van der Waals surface area contributed by atoms with Crippen molar-refractivity contribution in [2.24, 2.45) is 0 Å². The van der Waals surface area contributed by atoms with Crippen LogP contribution in [0.1, 0.15) is 0 Å². The van der Waals surface area contributed by atoms with Gasteiger partial charge in [0.2, 0.25) is 0 Å². The molecule has 6 heteroatoms. The van der Waals surface area contributed by atoms with Gasteiger partial charge in [0.15, 0.2) is 5.75 Å². The van der Waals surface area contributed by atoms with E-state index in [1.807, 2.05) is 0 Å². The molecule has 0 aliphatic rings. The molecular formula is C8H10ClN3O2. The second-order valence-corrected chi connectivity index (χ2v) is 3.21. The van der Waals surface area contributed by atoms with Crippen LogP contribution >= 0.6 is 11.6 Å². The van der Waals surface area contributed by atoms with Crippen LogP contribution in [0.5, 0.6) is 5.75 Å². The number of hydrogen-bond acceptors (Lipinski definition) is 4. The summed E-state index contributed by atoms with van der Waals surface area (Å²) in [5.41, 5.74) is 5.40. The van der Waals surface area contributed by atoms with E-state index in [2.05, 4.69) is 4.98 Å². The van der Waals surface area contributed by atoms with E-state index in [4.69, 9.17) is 22.1 Å². The van der Waals surface area contributed by atoms with Gasteiger partial charge >= 0.3 is 6.09 Å². The lowest BCUT2D eigenvalue weighted by molar-refractivity contribution is 0.172. The van der Waals surface area contributed by atoms with Gasteiger partial charge in [-0.05, 0) is 0 Å². The number of nitrogens with two attached hydrogens (primary N) is 1. The first kappa shape index (κ1) is 10.6. The number of aromatic nitrogens is 1. The monoisotopic (exact) mass is 215 g/mol. The topological polar surface area (TPSA) is 68.5 Å². The van der Waals surface area contributed by atoms with Gasteiger partial charge in [0.05, 0.1) is 6.20 Å². The molecule has 1 aromatic heterocycles. The third-order valence-electron chi connectivity index (χ3n) is 1.40. The van der Waals surface area contributed by atoms with Gasteiger partial charge in [-0.3, -0.25) is 0 Å². The van der Waals surface area contributed by atoms with Gasteiger partial charge in [-0.15, -0.1) is 0 Å². The summed E-state index contributed by atoms with van der Waals surface area (Å²) in [6, 6.07) is 1.39. The predicted molar refractivity (Wildman–Crippen MR) is 53.4 cm³/mol. The molecule has 0 radical (unpaired) electrons. The minimum atomic E-state index is -0.516. The molecule has 5 nitrogen and oxygen atoms in total. The number of anilines is 1. The molecular weight excluding hydrogens is 206 g/mol. The zero-order valence-electron chi connectivity index (χ0n) is 7.82. The maximum Gasteiger partial charge on any atom is 0.414 e. The number of amides is 1. The Kier molecular flexibility index (Phi) is 3.14. The SMILES string of the molecule is CN(C)C(=O)Oc1cc(N)ncc1Cl. The molecule has 0 aliphatic carbocycles. The molecule has 0 aliphatic heterocycles. The summed E-state index contributed by atoms with van der Waals surface area (Å²) in [5.74, 6) is 0.453. The molecule has 0 atom stereocenters. The van der Waals surface area contributed by atoms with Gasteiger partial charge in [-0.2, -0.15) is 0 Å². The maximum atomic E-state index is 11.2. The second-order valence-electron chi connectivity index (χ2n) is 2.80. The van der Waals surface area contributed by atoms with E-state index in [1.165, 1.54) is 17.2 Å². The lowest BCUT2D eigenvalue weighted by Crippen LogP contribution is -2.25. The minimum absolute atomic E-state index is 0.206. The number of hydrogen-bond donors (Lipinski definition) is 1. The first-order valence-corrected chi connectivity index (χ1v) is 4.18. The largest absolute Gasteiger partial charge is 0.414 e. The fourth-order valence-electron chi connectivity index (χ4n) is 0.699. The van der Waals surface area contributed by atoms with Crippen molar-refractivity contribution < 1.29 is 9.53 Å². The first-order valence-electron chi connectivity index (χ1n) is 3.81. The van der Waals surface area contributed by atoms with E-state index in [9.17, 15) is 4.79 Å². The Morgan fingerprint density at radius 1 is 1.64 bits per heavy atom. The fraction of sp³-hybridized carbons (Fsp3) is 0.250. The average Bonchev–Trinajstić information content (AvgIpc) is 2.11. The van der Waals surface area contributed by atoms with E-state index < -0.39 is 6.09 Å². The van der Waals surface area contributed by atoms with Crippen LogP contribution < -0.4 is 10.5 Å². The fourth-order valence-corrected chi connectivity index (χ4v) is 0.841. The Hall–Kier alpha value is -1.49. The molecule has 0 fully saturated rings. The molecule has 0 saturated heterocycles. The van der Waals surface area contributed by atoms with Gasteiger partial charge in [0.25, 0.3) is 0 Å². The Morgan fingerprint density at radius 2 is 2.29 bits per heavy atom. The van der Waals surface area contributed by atoms with Gasteiger partial charge in [0.1, 0.15) is 10.8 Å². The van der Waals surface area contributed by atoms with Gasteiger partial charge in [-0.1, -0.05) is 11.6 Å². The molecule has 0 spiro atoms. The number of nitrogen functional groups attached to an aromatic ring is 1. The van der Waals surface area contributed by atoms with Crippen molar-refractivity contribution in [1.82, 2.24) is 9.88 Å². The third kappa shape index (κ3) is 2.50. The molecule has 0 unspecified atom stereocenters. The summed E-state index contributed by atoms with van der Waals surface area (Å²) in [7, 11) is 3.14. The summed E-state index contributed by atoms with van der Waals surface area (Å²) in [4.78, 5) is 16.2. The predicted octanol–water partition coefficient (Wildman–Crippen LogP) is 1.38. The van der Waals surface area contributed by atoms with Crippen LogP contribution in [0.15, 0.2) is 12.3 Å². The smallest absolute Gasteiger partial charge is 0.408 e. The Balaban J connectivity index is 2.86. The van der Waals surface area contributed by atoms with Crippen LogP contribution in [-0.4, -0.2) is 30.1 Å². The highest BCUT2D eigenvalue weighted by atomic mass is 35.5. The summed E-state index contributed by atoms with van der Waals surface area (Å²) in [6.07, 6.45) is 0.812. The first-order chi connectivity index (χ1) is 6.50. The van der Waals surface area contributed by atoms with Crippen molar-refractivity contribution in [3.05, 3.63) is 17.3 Å². The minimum Gasteiger partial charge on any atom is -0.408 e. The number of rotatable bonds is 1. The number of carbonyl (C=O) groups is 1. The molecule has 1 aromatic rings. The Labute approximate surface area is 86.4 Å². The molecule has 1 amide bonds. The average molecular weight is 216 g/mol. The Morgan fingerprint density at radius 3 is 2.86 bits per heavy atom. The summed E-state index contributed by atoms with van der Waals surface area (Å²) in [6.45, 7) is 0. The van der Waals surface area contributed by atoms with E-state index in [0.717, 1.165) is 0 Å². The normalized spacial score (nSPS) is 9.64. The number of halogens is 1. The van der Waals surface area contributed by atoms with Gasteiger partial charge < -0.3 is 15.4 Å². The zero-order valence-corrected chi connectivity index (χ0v) is 8.58. The molecule has 2 N–H and O–H groups in total. The molecule has 0 bridgehead atoms. The molecule has 14 heavy (non-hydrogen) atoms. The summed E-state index contributed by atoms with van der Waals surface area (Å²) >= 11 is 5.73. The van der Waals surface area contributed by atoms with Gasteiger partial charge in [0, 0.05) is 20.2 Å². The van der Waals surface area contributed by atoms with E-state index >= 15 is 0 Å². The molecule has 1 rings (SSSR count). The molecule has 0 saturated carbocycles. The highest BCUT2D eigenvalue weighted by Gasteiger charge is 2.10. The number of carbonyl (C=O) groups excluding carboxylic acids is 1. The van der Waals surface area contributed by atoms with Crippen molar-refractivity contribution in [3.63, 3.8) is 0 Å². The van der Waals surface area contributed by atoms with Crippen LogP contribution in [0.3, 0.4) is 0 Å². The number of ether oxygens (including phenoxy) is 1. The molecule has 0 aromatic carbocycles. The van der Waals surface area contributed by atoms with Crippen LogP contribution in [0, 0.1) is 0 Å². The van der Waals surface area contributed by atoms with Crippen LogP contribution in [0.4, 0.5) is 10.6 Å². The van der Waals surface area contributed by atoms with Crippen molar-refractivity contribution in [3.8, 4) is 5.75 Å². The summed E-state index contributed by atoms with van der Waals surface area (Å²) < 4.78 is 4.92. The van der Waals surface area contributed by atoms with Crippen molar-refractivity contribution in [2.75, 3.05) is 19.8 Å². The zero-order chi connectivity index (χ0) is 10.7. The van der Waals surface area contributed by atoms with E-state index in [-0.39, 0.29) is 16.6 Å². The van der Waals surface area contributed by atoms with Crippen molar-refractivity contribution in [2.45, 2.75) is 0 Å². The highest BCUT2D eigenvalue weighted by molar-refractivity contribution is 6.32. The number of nitrogens with zero attached hydrogens (tertiary/aromatic N) is 2. The quantitative estimate of drug-likeness (QED) is 0.769. The summed E-state index contributed by atoms with van der Waals surface area (Å²) in [5, 5.41) is 0.245. The van der Waals surface area contributed by atoms with Crippen molar-refractivity contribution >= 4 is 23.5 Å². The lowest BCUT2D eigenvalue weighted by atomic mass is 10.4. The molecule has 76 valence electrons. The van der Waals surface area contributed by atoms with Crippen LogP contribution in [-0.2, 0) is 0 Å². The number of pyridine rings is 1. The van der Waals surface area contributed by atoms with Crippen molar-refractivity contribution in [1.29, 1.82) is 0 Å². The van der Waals surface area contributed by atoms with E-state index in [0.29, 0.717) is 0 Å². The standard InChI is InChI=1S/C8H10ClN3O2/c1-12(2)8(13)14-6-3-7(10)11-4-5(6)9/h3-4H,1-2H3,(H2,10,11). The second kappa shape index (κ2) is 4.15. The lowest BCUT2D eigenvalue weighted by Gasteiger charge is -2.11. The van der Waals surface area contributed by atoms with E-state index in [1.54, 1.807) is 14.1 Å². The third-order valence-corrected chi connectivity index (χ3v) is 1.69.